The Balaban J connectivity index is 1.42. The van der Waals surface area contributed by atoms with Gasteiger partial charge in [-0.05, 0) is 23.8 Å². The van der Waals surface area contributed by atoms with Gasteiger partial charge in [-0.3, -0.25) is 9.59 Å². The zero-order valence-corrected chi connectivity index (χ0v) is 17.1. The second kappa shape index (κ2) is 8.15. The zero-order chi connectivity index (χ0) is 23.1. The summed E-state index contributed by atoms with van der Waals surface area (Å²) in [5.41, 5.74) is 0.769. The van der Waals surface area contributed by atoms with Gasteiger partial charge in [0.25, 0.3) is 17.9 Å². The molecule has 0 saturated heterocycles. The van der Waals surface area contributed by atoms with Crippen LogP contribution in [-0.2, 0) is 19.5 Å². The summed E-state index contributed by atoms with van der Waals surface area (Å²) in [6.45, 7) is 0.177. The second-order valence-corrected chi connectivity index (χ2v) is 7.69. The first-order chi connectivity index (χ1) is 15.9. The Morgan fingerprint density at radius 2 is 1.88 bits per heavy atom. The van der Waals surface area contributed by atoms with Crippen LogP contribution in [0.2, 0.25) is 0 Å². The highest BCUT2D eigenvalue weighted by Gasteiger charge is 2.29. The highest BCUT2D eigenvalue weighted by atomic mass is 19.3. The molecular formula is C22H17F3N6O2. The molecule has 1 N–H and O–H groups in total. The fourth-order valence-corrected chi connectivity index (χ4v) is 4.03. The SMILES string of the molecule is O=C(c1cc(Cc2n[nH]c(=O)c3ccccc23)ccc1F)N1CCn2c(nnc2C(F)F)C1. The molecule has 0 saturated carbocycles. The van der Waals surface area contributed by atoms with Crippen LogP contribution in [0.4, 0.5) is 13.2 Å². The molecule has 33 heavy (non-hydrogen) atoms. The monoisotopic (exact) mass is 454 g/mol. The predicted octanol–water partition coefficient (Wildman–Crippen LogP) is 2.84. The number of nitrogens with one attached hydrogen (secondary N) is 1. The predicted molar refractivity (Wildman–Crippen MR) is 111 cm³/mol. The number of nitrogens with zero attached hydrogens (tertiary/aromatic N) is 5. The van der Waals surface area contributed by atoms with Crippen molar-refractivity contribution in [1.82, 2.24) is 29.9 Å². The molecule has 3 heterocycles. The zero-order valence-electron chi connectivity index (χ0n) is 17.1. The number of alkyl halides is 2. The van der Waals surface area contributed by atoms with Crippen molar-refractivity contribution in [2.75, 3.05) is 6.54 Å². The number of aromatic amines is 1. The lowest BCUT2D eigenvalue weighted by molar-refractivity contribution is 0.0694. The standard InChI is InChI=1S/C22H17F3N6O2/c23-16-6-5-12(10-17-13-3-1-2-4-14(13)21(32)29-26-17)9-15(16)22(33)30-7-8-31-18(11-30)27-28-20(31)19(24)25/h1-6,9,19H,7-8,10-11H2,(H,29,32). The summed E-state index contributed by atoms with van der Waals surface area (Å²) in [7, 11) is 0. The number of hydrogen-bond acceptors (Lipinski definition) is 5. The molecule has 0 fully saturated rings. The van der Waals surface area contributed by atoms with Crippen molar-refractivity contribution in [2.45, 2.75) is 25.9 Å². The first-order valence-corrected chi connectivity index (χ1v) is 10.2. The minimum Gasteiger partial charge on any atom is -0.329 e. The molecule has 0 unspecified atom stereocenters. The van der Waals surface area contributed by atoms with E-state index >= 15 is 0 Å². The summed E-state index contributed by atoms with van der Waals surface area (Å²) < 4.78 is 41.9. The Bertz CT molecular complexity index is 1430. The number of benzene rings is 2. The fraction of sp³-hybridized carbons (Fsp3) is 0.227. The maximum atomic E-state index is 14.6. The normalized spacial score (nSPS) is 13.5. The quantitative estimate of drug-likeness (QED) is 0.512. The minimum atomic E-state index is -2.76. The van der Waals surface area contributed by atoms with Crippen LogP contribution >= 0.6 is 0 Å². The third kappa shape index (κ3) is 3.75. The van der Waals surface area contributed by atoms with Crippen LogP contribution in [0, 0.1) is 5.82 Å². The Morgan fingerprint density at radius 3 is 2.67 bits per heavy atom. The number of H-pyrrole nitrogens is 1. The maximum absolute atomic E-state index is 14.6. The van der Waals surface area contributed by atoms with Crippen LogP contribution in [0.15, 0.2) is 47.3 Å². The van der Waals surface area contributed by atoms with Crippen molar-refractivity contribution in [3.8, 4) is 0 Å². The number of carbonyl (C=O) groups is 1. The second-order valence-electron chi connectivity index (χ2n) is 7.69. The number of rotatable bonds is 4. The van der Waals surface area contributed by atoms with Crippen LogP contribution in [0.5, 0.6) is 0 Å². The van der Waals surface area contributed by atoms with Gasteiger partial charge in [-0.1, -0.05) is 24.3 Å². The van der Waals surface area contributed by atoms with Gasteiger partial charge >= 0.3 is 0 Å². The number of carbonyl (C=O) groups excluding carboxylic acids is 1. The van der Waals surface area contributed by atoms with E-state index in [1.165, 1.54) is 21.6 Å². The lowest BCUT2D eigenvalue weighted by Gasteiger charge is -2.28. The molecule has 8 nitrogen and oxygen atoms in total. The molecule has 2 aromatic heterocycles. The van der Waals surface area contributed by atoms with E-state index in [0.29, 0.717) is 22.0 Å². The van der Waals surface area contributed by atoms with Gasteiger partial charge in [0, 0.05) is 24.9 Å². The minimum absolute atomic E-state index is 0.0473. The summed E-state index contributed by atoms with van der Waals surface area (Å²) in [6.07, 6.45) is -2.50. The summed E-state index contributed by atoms with van der Waals surface area (Å²) in [4.78, 5) is 26.4. The Kier molecular flexibility index (Phi) is 5.15. The van der Waals surface area contributed by atoms with Crippen LogP contribution < -0.4 is 5.56 Å². The molecule has 0 atom stereocenters. The van der Waals surface area contributed by atoms with Crippen molar-refractivity contribution >= 4 is 16.7 Å². The van der Waals surface area contributed by atoms with Gasteiger partial charge in [-0.15, -0.1) is 10.2 Å². The third-order valence-electron chi connectivity index (χ3n) is 5.67. The maximum Gasteiger partial charge on any atom is 0.297 e. The Morgan fingerprint density at radius 1 is 1.09 bits per heavy atom. The average Bonchev–Trinajstić information content (AvgIpc) is 3.25. The molecule has 11 heteroatoms. The van der Waals surface area contributed by atoms with Gasteiger partial charge in [-0.25, -0.2) is 18.3 Å². The van der Waals surface area contributed by atoms with E-state index in [2.05, 4.69) is 20.4 Å². The van der Waals surface area contributed by atoms with Gasteiger partial charge < -0.3 is 9.47 Å². The number of hydrogen-bond donors (Lipinski definition) is 1. The van der Waals surface area contributed by atoms with Gasteiger partial charge in [-0.2, -0.15) is 5.10 Å². The smallest absolute Gasteiger partial charge is 0.297 e. The molecule has 0 radical (unpaired) electrons. The molecule has 1 amide bonds. The van der Waals surface area contributed by atoms with Crippen LogP contribution in [0.3, 0.4) is 0 Å². The largest absolute Gasteiger partial charge is 0.329 e. The summed E-state index contributed by atoms with van der Waals surface area (Å²) in [5.74, 6) is -1.47. The highest BCUT2D eigenvalue weighted by Crippen LogP contribution is 2.24. The first-order valence-electron chi connectivity index (χ1n) is 10.2. The molecule has 4 aromatic rings. The third-order valence-corrected chi connectivity index (χ3v) is 5.67. The molecule has 2 aromatic carbocycles. The van der Waals surface area contributed by atoms with Crippen LogP contribution in [0.25, 0.3) is 10.8 Å². The topological polar surface area (TPSA) is 96.8 Å². The van der Waals surface area contributed by atoms with E-state index in [1.807, 2.05) is 0 Å². The number of aromatic nitrogens is 5. The van der Waals surface area contributed by atoms with Crippen molar-refractivity contribution in [2.24, 2.45) is 0 Å². The highest BCUT2D eigenvalue weighted by molar-refractivity contribution is 5.94. The first kappa shape index (κ1) is 20.9. The molecule has 1 aliphatic heterocycles. The van der Waals surface area contributed by atoms with E-state index in [9.17, 15) is 22.8 Å². The van der Waals surface area contributed by atoms with Crippen LogP contribution in [-0.4, -0.2) is 42.3 Å². The van der Waals surface area contributed by atoms with Crippen molar-refractivity contribution in [3.63, 3.8) is 0 Å². The van der Waals surface area contributed by atoms with Crippen molar-refractivity contribution in [3.05, 3.63) is 87.1 Å². The Hall–Kier alpha value is -4.02. The average molecular weight is 454 g/mol. The fourth-order valence-electron chi connectivity index (χ4n) is 4.03. The van der Waals surface area contributed by atoms with Gasteiger partial charge in [0.15, 0.2) is 11.6 Å². The van der Waals surface area contributed by atoms with E-state index in [4.69, 9.17) is 0 Å². The molecule has 1 aliphatic rings. The van der Waals surface area contributed by atoms with E-state index in [1.54, 1.807) is 30.3 Å². The molecule has 0 bridgehead atoms. The molecule has 0 spiro atoms. The van der Waals surface area contributed by atoms with Gasteiger partial charge in [0.05, 0.1) is 23.2 Å². The van der Waals surface area contributed by atoms with Crippen molar-refractivity contribution < 1.29 is 18.0 Å². The van der Waals surface area contributed by atoms with E-state index in [-0.39, 0.29) is 43.0 Å². The summed E-state index contributed by atoms with van der Waals surface area (Å²) in [6, 6.07) is 11.2. The van der Waals surface area contributed by atoms with Gasteiger partial charge in [0.2, 0.25) is 0 Å². The van der Waals surface area contributed by atoms with Gasteiger partial charge in [0.1, 0.15) is 5.82 Å². The number of fused-ring (bicyclic) bond motifs is 2. The molecule has 0 aliphatic carbocycles. The Labute approximate surface area is 184 Å². The summed E-state index contributed by atoms with van der Waals surface area (Å²) >= 11 is 0. The molecule has 5 rings (SSSR count). The summed E-state index contributed by atoms with van der Waals surface area (Å²) in [5, 5.41) is 15.0. The molecular weight excluding hydrogens is 437 g/mol. The lowest BCUT2D eigenvalue weighted by atomic mass is 10.0. The number of halogens is 3. The van der Waals surface area contributed by atoms with E-state index in [0.717, 1.165) is 0 Å². The van der Waals surface area contributed by atoms with E-state index < -0.39 is 24.0 Å². The number of amides is 1. The molecule has 168 valence electrons. The van der Waals surface area contributed by atoms with Crippen molar-refractivity contribution in [1.29, 1.82) is 0 Å². The lowest BCUT2D eigenvalue weighted by Crippen LogP contribution is -2.39. The van der Waals surface area contributed by atoms with Crippen LogP contribution in [0.1, 0.15) is 39.7 Å².